The van der Waals surface area contributed by atoms with Crippen LogP contribution in [0.25, 0.3) is 0 Å². The Bertz CT molecular complexity index is 1010. The fourth-order valence-corrected chi connectivity index (χ4v) is 4.19. The molecule has 4 nitrogen and oxygen atoms in total. The molecule has 4 rings (SSSR count). The first-order chi connectivity index (χ1) is 13.8. The van der Waals surface area contributed by atoms with E-state index in [0.717, 1.165) is 32.5 Å². The van der Waals surface area contributed by atoms with E-state index in [-0.39, 0.29) is 5.97 Å². The molecule has 0 fully saturated rings. The highest BCUT2D eigenvalue weighted by molar-refractivity contribution is 9.10. The average molecular weight is 451 g/mol. The summed E-state index contributed by atoms with van der Waals surface area (Å²) in [5, 5.41) is 0. The first kappa shape index (κ1) is 19.5. The van der Waals surface area contributed by atoms with Gasteiger partial charge in [-0.15, -0.1) is 0 Å². The molecule has 0 N–H and O–H groups in total. The summed E-state index contributed by atoms with van der Waals surface area (Å²) in [4.78, 5) is 17.0. The van der Waals surface area contributed by atoms with Gasteiger partial charge < -0.3 is 14.5 Å². The molecule has 0 radical (unpaired) electrons. The highest BCUT2D eigenvalue weighted by atomic mass is 79.9. The number of ether oxygens (including phenoxy) is 1. The third-order valence-corrected chi connectivity index (χ3v) is 5.90. The Labute approximate surface area is 179 Å². The summed E-state index contributed by atoms with van der Waals surface area (Å²) in [6.07, 6.45) is 0. The van der Waals surface area contributed by atoms with E-state index in [4.69, 9.17) is 4.74 Å². The highest BCUT2D eigenvalue weighted by Crippen LogP contribution is 2.48. The highest BCUT2D eigenvalue weighted by Gasteiger charge is 2.48. The maximum atomic E-state index is 12.9. The van der Waals surface area contributed by atoms with E-state index >= 15 is 0 Å². The lowest BCUT2D eigenvalue weighted by molar-refractivity contribution is 0.0251. The molecule has 1 aliphatic rings. The maximum absolute atomic E-state index is 12.9. The predicted octanol–water partition coefficient (Wildman–Crippen LogP) is 5.04. The zero-order valence-corrected chi connectivity index (χ0v) is 18.5. The number of esters is 1. The molecule has 0 unspecified atom stereocenters. The zero-order chi connectivity index (χ0) is 20.8. The second-order valence-corrected chi connectivity index (χ2v) is 8.56. The molecule has 0 aromatic heterocycles. The molecule has 0 bridgehead atoms. The first-order valence-corrected chi connectivity index (χ1v) is 10.2. The van der Waals surface area contributed by atoms with Gasteiger partial charge in [0.05, 0.1) is 5.56 Å². The lowest BCUT2D eigenvalue weighted by Crippen LogP contribution is -2.29. The minimum Gasteiger partial charge on any atom is -0.441 e. The maximum Gasteiger partial charge on any atom is 0.340 e. The molecule has 29 heavy (non-hydrogen) atoms. The van der Waals surface area contributed by atoms with Crippen LogP contribution in [0, 0.1) is 0 Å². The predicted molar refractivity (Wildman–Crippen MR) is 121 cm³/mol. The summed E-state index contributed by atoms with van der Waals surface area (Å²) >= 11 is 3.47. The number of benzene rings is 3. The van der Waals surface area contributed by atoms with Crippen LogP contribution in [0.5, 0.6) is 0 Å². The van der Waals surface area contributed by atoms with Crippen molar-refractivity contribution in [1.29, 1.82) is 0 Å². The van der Waals surface area contributed by atoms with Crippen LogP contribution in [0.4, 0.5) is 11.4 Å². The summed E-state index contributed by atoms with van der Waals surface area (Å²) in [6.45, 7) is 0. The lowest BCUT2D eigenvalue weighted by atomic mass is 9.80. The third-order valence-electron chi connectivity index (χ3n) is 5.41. The van der Waals surface area contributed by atoms with Crippen molar-refractivity contribution < 1.29 is 9.53 Å². The number of nitrogens with zero attached hydrogens (tertiary/aromatic N) is 2. The zero-order valence-electron chi connectivity index (χ0n) is 16.9. The number of hydrogen-bond donors (Lipinski definition) is 0. The van der Waals surface area contributed by atoms with Crippen molar-refractivity contribution in [1.82, 2.24) is 0 Å². The largest absolute Gasteiger partial charge is 0.441 e. The molecule has 0 spiro atoms. The van der Waals surface area contributed by atoms with E-state index in [1.54, 1.807) is 0 Å². The standard InChI is InChI=1S/C24H23BrN2O2/c1-26(2)19-10-5-16(6-11-19)24(17-7-12-20(13-8-17)27(3)4)22-14-9-18(25)15-21(22)23(28)29-24/h5-15H,1-4H3. The molecule has 5 heteroatoms. The van der Waals surface area contributed by atoms with Crippen LogP contribution in [-0.2, 0) is 10.3 Å². The normalized spacial score (nSPS) is 14.3. The molecular weight excluding hydrogens is 428 g/mol. The molecule has 1 heterocycles. The minimum atomic E-state index is -0.969. The smallest absolute Gasteiger partial charge is 0.340 e. The second-order valence-electron chi connectivity index (χ2n) is 7.64. The van der Waals surface area contributed by atoms with Crippen molar-refractivity contribution in [2.75, 3.05) is 38.0 Å². The van der Waals surface area contributed by atoms with Gasteiger partial charge in [0.15, 0.2) is 5.60 Å². The number of halogens is 1. The average Bonchev–Trinajstić information content (AvgIpc) is 3.01. The summed E-state index contributed by atoms with van der Waals surface area (Å²) in [5.41, 5.74) is 4.52. The summed E-state index contributed by atoms with van der Waals surface area (Å²) in [5.74, 6) is -0.310. The van der Waals surface area contributed by atoms with Gasteiger partial charge in [-0.05, 0) is 36.4 Å². The molecule has 0 saturated heterocycles. The fraction of sp³-hybridized carbons (Fsp3) is 0.208. The molecular formula is C24H23BrN2O2. The van der Waals surface area contributed by atoms with E-state index in [2.05, 4.69) is 40.2 Å². The van der Waals surface area contributed by atoms with Crippen LogP contribution in [0.1, 0.15) is 27.0 Å². The van der Waals surface area contributed by atoms with Gasteiger partial charge in [-0.3, -0.25) is 0 Å². The number of carbonyl (C=O) groups is 1. The number of fused-ring (bicyclic) bond motifs is 1. The van der Waals surface area contributed by atoms with Gasteiger partial charge >= 0.3 is 5.97 Å². The number of hydrogen-bond acceptors (Lipinski definition) is 4. The summed E-state index contributed by atoms with van der Waals surface area (Å²) in [6, 6.07) is 22.1. The quantitative estimate of drug-likeness (QED) is 0.521. The van der Waals surface area contributed by atoms with Crippen molar-refractivity contribution in [3.8, 4) is 0 Å². The molecule has 3 aromatic carbocycles. The van der Waals surface area contributed by atoms with Crippen LogP contribution < -0.4 is 9.80 Å². The molecule has 0 aliphatic carbocycles. The van der Waals surface area contributed by atoms with Crippen molar-refractivity contribution in [2.24, 2.45) is 0 Å². The number of anilines is 2. The van der Waals surface area contributed by atoms with Gasteiger partial charge in [-0.25, -0.2) is 4.79 Å². The van der Waals surface area contributed by atoms with Crippen LogP contribution in [0.2, 0.25) is 0 Å². The third kappa shape index (κ3) is 3.19. The number of carbonyl (C=O) groups excluding carboxylic acids is 1. The Morgan fingerprint density at radius 1 is 0.759 bits per heavy atom. The topological polar surface area (TPSA) is 32.8 Å². The second kappa shape index (κ2) is 7.23. The van der Waals surface area contributed by atoms with E-state index in [1.165, 1.54) is 0 Å². The Morgan fingerprint density at radius 3 is 1.69 bits per heavy atom. The van der Waals surface area contributed by atoms with Crippen LogP contribution in [-0.4, -0.2) is 34.2 Å². The van der Waals surface area contributed by atoms with Crippen molar-refractivity contribution >= 4 is 33.3 Å². The van der Waals surface area contributed by atoms with Crippen molar-refractivity contribution in [2.45, 2.75) is 5.60 Å². The number of cyclic esters (lactones) is 1. The molecule has 3 aromatic rings. The van der Waals surface area contributed by atoms with E-state index in [1.807, 2.05) is 80.5 Å². The van der Waals surface area contributed by atoms with Gasteiger partial charge in [-0.2, -0.15) is 0 Å². The van der Waals surface area contributed by atoms with E-state index in [0.29, 0.717) is 5.56 Å². The van der Waals surface area contributed by atoms with Gasteiger partial charge in [0.2, 0.25) is 0 Å². The molecule has 1 aliphatic heterocycles. The van der Waals surface area contributed by atoms with Gasteiger partial charge in [-0.1, -0.05) is 46.3 Å². The van der Waals surface area contributed by atoms with Crippen molar-refractivity contribution in [3.63, 3.8) is 0 Å². The first-order valence-electron chi connectivity index (χ1n) is 9.42. The summed E-state index contributed by atoms with van der Waals surface area (Å²) < 4.78 is 7.02. The van der Waals surface area contributed by atoms with Crippen LogP contribution >= 0.6 is 15.9 Å². The van der Waals surface area contributed by atoms with Gasteiger partial charge in [0.1, 0.15) is 0 Å². The Morgan fingerprint density at radius 2 is 1.24 bits per heavy atom. The van der Waals surface area contributed by atoms with E-state index < -0.39 is 5.60 Å². The molecule has 0 atom stereocenters. The Kier molecular flexibility index (Phi) is 4.87. The Hall–Kier alpha value is -2.79. The molecule has 0 saturated carbocycles. The Balaban J connectivity index is 1.95. The minimum absolute atomic E-state index is 0.310. The van der Waals surface area contributed by atoms with Gasteiger partial charge in [0, 0.05) is 60.7 Å². The van der Waals surface area contributed by atoms with Crippen LogP contribution in [0.15, 0.2) is 71.2 Å². The molecule has 0 amide bonds. The van der Waals surface area contributed by atoms with Gasteiger partial charge in [0.25, 0.3) is 0 Å². The SMILES string of the molecule is CN(C)c1ccc(C2(c3ccc(N(C)C)cc3)OC(=O)c3cc(Br)ccc32)cc1. The van der Waals surface area contributed by atoms with Crippen molar-refractivity contribution in [3.05, 3.63) is 93.5 Å². The van der Waals surface area contributed by atoms with E-state index in [9.17, 15) is 4.79 Å². The summed E-state index contributed by atoms with van der Waals surface area (Å²) in [7, 11) is 8.03. The monoisotopic (exact) mass is 450 g/mol. The fourth-order valence-electron chi connectivity index (χ4n) is 3.83. The number of rotatable bonds is 4. The van der Waals surface area contributed by atoms with Crippen LogP contribution in [0.3, 0.4) is 0 Å². The molecule has 148 valence electrons. The lowest BCUT2D eigenvalue weighted by Gasteiger charge is -2.31.